The lowest BCUT2D eigenvalue weighted by Gasteiger charge is -2.46. The number of rotatable bonds is 5. The van der Waals surface area contributed by atoms with Crippen LogP contribution in [-0.2, 0) is 4.74 Å². The molecule has 0 aromatic heterocycles. The fourth-order valence-corrected chi connectivity index (χ4v) is 3.08. The predicted octanol–water partition coefficient (Wildman–Crippen LogP) is 4.21. The maximum Gasteiger partial charge on any atom is 0.0897 e. The van der Waals surface area contributed by atoms with Gasteiger partial charge in [-0.15, -0.1) is 13.2 Å². The molecule has 1 nitrogen and oxygen atoms in total. The zero-order valence-electron chi connectivity index (χ0n) is 11.0. The Hall–Kier alpha value is -0.560. The van der Waals surface area contributed by atoms with E-state index in [2.05, 4.69) is 33.9 Å². The monoisotopic (exact) mass is 222 g/mol. The van der Waals surface area contributed by atoms with Gasteiger partial charge in [-0.2, -0.15) is 0 Å². The lowest BCUT2D eigenvalue weighted by Crippen LogP contribution is -2.46. The van der Waals surface area contributed by atoms with E-state index in [1.165, 1.54) is 12.8 Å². The third kappa shape index (κ3) is 2.76. The zero-order valence-corrected chi connectivity index (χ0v) is 11.0. The molecule has 0 spiro atoms. The summed E-state index contributed by atoms with van der Waals surface area (Å²) < 4.78 is 6.08. The van der Waals surface area contributed by atoms with E-state index in [0.717, 1.165) is 12.3 Å². The van der Waals surface area contributed by atoms with E-state index in [9.17, 15) is 0 Å². The first-order chi connectivity index (χ1) is 7.55. The molecule has 1 heteroatoms. The maximum absolute atomic E-state index is 6.08. The van der Waals surface area contributed by atoms with Gasteiger partial charge in [0.2, 0.25) is 0 Å². The molecule has 0 amide bonds. The van der Waals surface area contributed by atoms with Crippen LogP contribution in [0.3, 0.4) is 0 Å². The van der Waals surface area contributed by atoms with Gasteiger partial charge in [-0.1, -0.05) is 39.3 Å². The summed E-state index contributed by atoms with van der Waals surface area (Å²) in [6, 6.07) is 0. The van der Waals surface area contributed by atoms with Crippen molar-refractivity contribution in [1.29, 1.82) is 0 Å². The van der Waals surface area contributed by atoms with Crippen LogP contribution in [0.4, 0.5) is 0 Å². The molecule has 0 aromatic carbocycles. The van der Waals surface area contributed by atoms with Crippen LogP contribution in [0.1, 0.15) is 40.0 Å². The average molecular weight is 222 g/mol. The van der Waals surface area contributed by atoms with Crippen LogP contribution in [0.5, 0.6) is 0 Å². The molecule has 1 unspecified atom stereocenters. The number of ether oxygens (including phenoxy) is 1. The van der Waals surface area contributed by atoms with Crippen molar-refractivity contribution in [1.82, 2.24) is 0 Å². The normalized spacial score (nSPS) is 35.0. The van der Waals surface area contributed by atoms with Crippen molar-refractivity contribution >= 4 is 0 Å². The van der Waals surface area contributed by atoms with Crippen LogP contribution in [0, 0.1) is 17.8 Å². The second kappa shape index (κ2) is 5.67. The topological polar surface area (TPSA) is 9.23 Å². The van der Waals surface area contributed by atoms with E-state index >= 15 is 0 Å². The minimum atomic E-state index is -0.125. The van der Waals surface area contributed by atoms with Crippen molar-refractivity contribution in [3.8, 4) is 0 Å². The third-order valence-corrected chi connectivity index (χ3v) is 3.89. The highest BCUT2D eigenvalue weighted by atomic mass is 16.5. The highest BCUT2D eigenvalue weighted by Gasteiger charge is 2.42. The van der Waals surface area contributed by atoms with E-state index in [1.807, 2.05) is 12.2 Å². The molecule has 1 saturated carbocycles. The van der Waals surface area contributed by atoms with Gasteiger partial charge in [0.05, 0.1) is 12.2 Å². The summed E-state index contributed by atoms with van der Waals surface area (Å²) in [5, 5.41) is 0. The van der Waals surface area contributed by atoms with Gasteiger partial charge in [0.1, 0.15) is 0 Å². The molecule has 0 bridgehead atoms. The first kappa shape index (κ1) is 13.5. The Morgan fingerprint density at radius 3 is 2.56 bits per heavy atom. The predicted molar refractivity (Wildman–Crippen MR) is 70.4 cm³/mol. The van der Waals surface area contributed by atoms with Gasteiger partial charge < -0.3 is 4.74 Å². The van der Waals surface area contributed by atoms with Crippen molar-refractivity contribution in [3.63, 3.8) is 0 Å². The minimum Gasteiger partial charge on any atom is -0.367 e. The van der Waals surface area contributed by atoms with Crippen LogP contribution in [0.25, 0.3) is 0 Å². The summed E-state index contributed by atoms with van der Waals surface area (Å²) in [6.45, 7) is 15.3. The van der Waals surface area contributed by atoms with Crippen LogP contribution in [0.2, 0.25) is 0 Å². The highest BCUT2D eigenvalue weighted by molar-refractivity contribution is 5.06. The van der Waals surface area contributed by atoms with Gasteiger partial charge in [-0.3, -0.25) is 0 Å². The second-order valence-electron chi connectivity index (χ2n) is 5.50. The number of hydrogen-bond donors (Lipinski definition) is 0. The molecule has 1 aliphatic carbocycles. The third-order valence-electron chi connectivity index (χ3n) is 3.89. The van der Waals surface area contributed by atoms with Gasteiger partial charge in [-0.25, -0.2) is 0 Å². The van der Waals surface area contributed by atoms with Crippen molar-refractivity contribution in [2.24, 2.45) is 17.8 Å². The van der Waals surface area contributed by atoms with Crippen LogP contribution in [-0.4, -0.2) is 12.2 Å². The largest absolute Gasteiger partial charge is 0.367 e. The summed E-state index contributed by atoms with van der Waals surface area (Å²) >= 11 is 0. The molecule has 0 aliphatic heterocycles. The van der Waals surface area contributed by atoms with E-state index in [-0.39, 0.29) is 5.60 Å². The molecule has 16 heavy (non-hydrogen) atoms. The molecule has 0 saturated heterocycles. The maximum atomic E-state index is 6.08. The van der Waals surface area contributed by atoms with Crippen molar-refractivity contribution in [2.45, 2.75) is 45.6 Å². The fourth-order valence-electron chi connectivity index (χ4n) is 3.08. The van der Waals surface area contributed by atoms with Gasteiger partial charge in [0.15, 0.2) is 0 Å². The molecule has 0 radical (unpaired) electrons. The van der Waals surface area contributed by atoms with Gasteiger partial charge in [0, 0.05) is 0 Å². The highest BCUT2D eigenvalue weighted by Crippen LogP contribution is 2.44. The SMILES string of the molecule is C=CCOC1(C=C)C[C@H](C)CC[C@H]1C(C)C. The van der Waals surface area contributed by atoms with Crippen LogP contribution in [0.15, 0.2) is 25.3 Å². The van der Waals surface area contributed by atoms with Gasteiger partial charge in [0.25, 0.3) is 0 Å². The molecule has 0 heterocycles. The van der Waals surface area contributed by atoms with E-state index in [4.69, 9.17) is 4.74 Å². The Balaban J connectivity index is 2.87. The summed E-state index contributed by atoms with van der Waals surface area (Å²) in [5.74, 6) is 1.98. The minimum absolute atomic E-state index is 0.125. The fraction of sp³-hybridized carbons (Fsp3) is 0.733. The van der Waals surface area contributed by atoms with Crippen molar-refractivity contribution in [3.05, 3.63) is 25.3 Å². The first-order valence-corrected chi connectivity index (χ1v) is 6.44. The van der Waals surface area contributed by atoms with Gasteiger partial charge >= 0.3 is 0 Å². The van der Waals surface area contributed by atoms with Gasteiger partial charge in [-0.05, 0) is 30.6 Å². The molecule has 1 fully saturated rings. The molecule has 1 rings (SSSR count). The molecule has 1 aliphatic rings. The van der Waals surface area contributed by atoms with E-state index < -0.39 is 0 Å². The Labute approximate surface area is 101 Å². The molecule has 92 valence electrons. The Morgan fingerprint density at radius 2 is 2.06 bits per heavy atom. The standard InChI is InChI=1S/C15H26O/c1-6-10-16-15(7-2)11-13(5)8-9-14(15)12(3)4/h6-7,12-14H,1-2,8-11H2,3-5H3/t13-,14+,15?/m1/s1. The van der Waals surface area contributed by atoms with Crippen LogP contribution < -0.4 is 0 Å². The molecule has 0 N–H and O–H groups in total. The summed E-state index contributed by atoms with van der Waals surface area (Å²) in [6.07, 6.45) is 7.55. The summed E-state index contributed by atoms with van der Waals surface area (Å²) in [7, 11) is 0. The Kier molecular flexibility index (Phi) is 4.79. The lowest BCUT2D eigenvalue weighted by molar-refractivity contribution is -0.0873. The number of hydrogen-bond acceptors (Lipinski definition) is 1. The lowest BCUT2D eigenvalue weighted by atomic mass is 9.67. The molecular weight excluding hydrogens is 196 g/mol. The average Bonchev–Trinajstić information content (AvgIpc) is 2.25. The van der Waals surface area contributed by atoms with Crippen LogP contribution >= 0.6 is 0 Å². The Bertz CT molecular complexity index is 244. The molecular formula is C15H26O. The second-order valence-corrected chi connectivity index (χ2v) is 5.50. The summed E-state index contributed by atoms with van der Waals surface area (Å²) in [4.78, 5) is 0. The van der Waals surface area contributed by atoms with E-state index in [1.54, 1.807) is 0 Å². The Morgan fingerprint density at radius 1 is 1.38 bits per heavy atom. The quantitative estimate of drug-likeness (QED) is 0.633. The van der Waals surface area contributed by atoms with Crippen molar-refractivity contribution in [2.75, 3.05) is 6.61 Å². The van der Waals surface area contributed by atoms with E-state index in [0.29, 0.717) is 18.4 Å². The smallest absolute Gasteiger partial charge is 0.0897 e. The summed E-state index contributed by atoms with van der Waals surface area (Å²) in [5.41, 5.74) is -0.125. The molecule has 0 aromatic rings. The molecule has 3 atom stereocenters. The first-order valence-electron chi connectivity index (χ1n) is 6.44. The zero-order chi connectivity index (χ0) is 12.2. The van der Waals surface area contributed by atoms with Crippen molar-refractivity contribution < 1.29 is 4.74 Å².